The molecule has 1 fully saturated rings. The molecule has 154 valence electrons. The molecule has 0 radical (unpaired) electrons. The number of unbranched alkanes of at least 4 members (excludes halogenated alkanes) is 1. The lowest BCUT2D eigenvalue weighted by Gasteiger charge is -2.24. The molecular weight excluding hydrogens is 360 g/mol. The van der Waals surface area contributed by atoms with Crippen LogP contribution < -0.4 is 0 Å². The summed E-state index contributed by atoms with van der Waals surface area (Å²) in [7, 11) is 0. The van der Waals surface area contributed by atoms with Crippen molar-refractivity contribution in [1.29, 1.82) is 0 Å². The first-order chi connectivity index (χ1) is 13.5. The third kappa shape index (κ3) is 7.20. The molecule has 1 aromatic rings. The molecule has 2 atom stereocenters. The molecule has 1 N–H and O–H groups in total. The SMILES string of the molecule is CCOC(=O)/C=C/[C@@]1(/C=C/CCCOCc2ccccc2)OC[C@](C)(CO)O1. The Morgan fingerprint density at radius 2 is 2.07 bits per heavy atom. The zero-order valence-corrected chi connectivity index (χ0v) is 16.6. The summed E-state index contributed by atoms with van der Waals surface area (Å²) in [5.74, 6) is -1.65. The van der Waals surface area contributed by atoms with E-state index in [-0.39, 0.29) is 13.2 Å². The zero-order chi connectivity index (χ0) is 20.3. The van der Waals surface area contributed by atoms with Gasteiger partial charge in [0.05, 0.1) is 26.4 Å². The standard InChI is InChI=1S/C22H30O6/c1-3-26-20(24)12-14-22(27-18-21(2,17-23)28-22)13-8-5-9-15-25-16-19-10-6-4-7-11-19/h4,6-8,10-14,23H,3,5,9,15-18H2,1-2H3/b13-8+,14-12+/t21-,22-/m0/s1. The van der Waals surface area contributed by atoms with Crippen LogP contribution in [0.15, 0.2) is 54.6 Å². The van der Waals surface area contributed by atoms with E-state index in [9.17, 15) is 9.90 Å². The van der Waals surface area contributed by atoms with Gasteiger partial charge in [0, 0.05) is 12.7 Å². The summed E-state index contributed by atoms with van der Waals surface area (Å²) < 4.78 is 22.3. The van der Waals surface area contributed by atoms with Crippen molar-refractivity contribution >= 4 is 5.97 Å². The molecule has 1 aromatic carbocycles. The van der Waals surface area contributed by atoms with Crippen molar-refractivity contribution in [2.24, 2.45) is 0 Å². The van der Waals surface area contributed by atoms with Crippen molar-refractivity contribution in [2.45, 2.75) is 44.7 Å². The van der Waals surface area contributed by atoms with Gasteiger partial charge in [-0.2, -0.15) is 0 Å². The number of rotatable bonds is 11. The van der Waals surface area contributed by atoms with Crippen molar-refractivity contribution in [1.82, 2.24) is 0 Å². The normalized spacial score (nSPS) is 25.0. The Bertz CT molecular complexity index is 656. The maximum Gasteiger partial charge on any atom is 0.330 e. The number of hydrogen-bond acceptors (Lipinski definition) is 6. The Kier molecular flexibility index (Phi) is 8.86. The highest BCUT2D eigenvalue weighted by atomic mass is 16.8. The van der Waals surface area contributed by atoms with E-state index >= 15 is 0 Å². The lowest BCUT2D eigenvalue weighted by Crippen LogP contribution is -2.35. The Morgan fingerprint density at radius 1 is 1.29 bits per heavy atom. The van der Waals surface area contributed by atoms with Crippen LogP contribution in [-0.4, -0.2) is 48.9 Å². The Morgan fingerprint density at radius 3 is 2.75 bits per heavy atom. The van der Waals surface area contributed by atoms with E-state index in [1.165, 1.54) is 12.2 Å². The van der Waals surface area contributed by atoms with E-state index in [4.69, 9.17) is 18.9 Å². The number of carbonyl (C=O) groups is 1. The van der Waals surface area contributed by atoms with Gasteiger partial charge in [0.2, 0.25) is 5.79 Å². The molecule has 0 aliphatic carbocycles. The quantitative estimate of drug-likeness (QED) is 0.271. The minimum absolute atomic E-state index is 0.177. The number of aliphatic hydroxyl groups excluding tert-OH is 1. The summed E-state index contributed by atoms with van der Waals surface area (Å²) in [5.41, 5.74) is 0.333. The molecule has 0 spiro atoms. The van der Waals surface area contributed by atoms with Gasteiger partial charge >= 0.3 is 5.97 Å². The highest BCUT2D eigenvalue weighted by molar-refractivity contribution is 5.82. The first-order valence-electron chi connectivity index (χ1n) is 9.61. The van der Waals surface area contributed by atoms with Crippen molar-refractivity contribution in [3.8, 4) is 0 Å². The number of hydrogen-bond donors (Lipinski definition) is 1. The van der Waals surface area contributed by atoms with Gasteiger partial charge in [-0.3, -0.25) is 0 Å². The second kappa shape index (κ2) is 11.1. The molecule has 1 saturated heterocycles. The molecule has 0 aromatic heterocycles. The highest BCUT2D eigenvalue weighted by Crippen LogP contribution is 2.33. The molecular formula is C22H30O6. The van der Waals surface area contributed by atoms with Gasteiger partial charge in [0.25, 0.3) is 0 Å². The van der Waals surface area contributed by atoms with E-state index < -0.39 is 17.4 Å². The monoisotopic (exact) mass is 390 g/mol. The van der Waals surface area contributed by atoms with Gasteiger partial charge in [-0.15, -0.1) is 0 Å². The van der Waals surface area contributed by atoms with Gasteiger partial charge in [0.1, 0.15) is 5.60 Å². The van der Waals surface area contributed by atoms with Crippen LogP contribution in [0.25, 0.3) is 0 Å². The van der Waals surface area contributed by atoms with Crippen LogP contribution in [0.5, 0.6) is 0 Å². The summed E-state index contributed by atoms with van der Waals surface area (Å²) in [5, 5.41) is 9.52. The summed E-state index contributed by atoms with van der Waals surface area (Å²) in [6.07, 6.45) is 8.13. The number of aliphatic hydroxyl groups is 1. The van der Waals surface area contributed by atoms with Crippen LogP contribution in [-0.2, 0) is 30.3 Å². The predicted molar refractivity (Wildman–Crippen MR) is 106 cm³/mol. The van der Waals surface area contributed by atoms with E-state index in [0.29, 0.717) is 19.8 Å². The summed E-state index contributed by atoms with van der Waals surface area (Å²) in [4.78, 5) is 11.6. The van der Waals surface area contributed by atoms with Crippen molar-refractivity contribution < 1.29 is 28.8 Å². The number of allylic oxidation sites excluding steroid dienone is 1. The van der Waals surface area contributed by atoms with E-state index in [1.54, 1.807) is 19.9 Å². The second-order valence-corrected chi connectivity index (χ2v) is 6.89. The zero-order valence-electron chi connectivity index (χ0n) is 16.6. The smallest absolute Gasteiger partial charge is 0.330 e. The number of esters is 1. The predicted octanol–water partition coefficient (Wildman–Crippen LogP) is 3.15. The summed E-state index contributed by atoms with van der Waals surface area (Å²) >= 11 is 0. The topological polar surface area (TPSA) is 74.2 Å². The number of carbonyl (C=O) groups excluding carboxylic acids is 1. The Hall–Kier alpha value is -1.99. The van der Waals surface area contributed by atoms with Crippen LogP contribution in [0.2, 0.25) is 0 Å². The lowest BCUT2D eigenvalue weighted by atomic mass is 10.1. The van der Waals surface area contributed by atoms with Crippen molar-refractivity contribution in [3.05, 3.63) is 60.2 Å². The molecule has 0 saturated carbocycles. The molecule has 2 rings (SSSR count). The third-order valence-corrected chi connectivity index (χ3v) is 4.20. The van der Waals surface area contributed by atoms with E-state index in [0.717, 1.165) is 18.4 Å². The fourth-order valence-corrected chi connectivity index (χ4v) is 2.70. The minimum atomic E-state index is -1.19. The van der Waals surface area contributed by atoms with Gasteiger partial charge < -0.3 is 24.1 Å². The molecule has 1 heterocycles. The summed E-state index contributed by atoms with van der Waals surface area (Å²) in [6.45, 7) is 5.08. The van der Waals surface area contributed by atoms with Gasteiger partial charge in [-0.25, -0.2) is 4.79 Å². The maximum atomic E-state index is 11.6. The highest BCUT2D eigenvalue weighted by Gasteiger charge is 2.44. The second-order valence-electron chi connectivity index (χ2n) is 6.89. The number of benzene rings is 1. The van der Waals surface area contributed by atoms with Crippen LogP contribution in [0, 0.1) is 0 Å². The molecule has 1 aliphatic heterocycles. The maximum absolute atomic E-state index is 11.6. The molecule has 6 heteroatoms. The third-order valence-electron chi connectivity index (χ3n) is 4.20. The number of ether oxygens (including phenoxy) is 4. The fourth-order valence-electron chi connectivity index (χ4n) is 2.70. The van der Waals surface area contributed by atoms with Crippen LogP contribution >= 0.6 is 0 Å². The van der Waals surface area contributed by atoms with Gasteiger partial charge in [-0.05, 0) is 44.4 Å². The first kappa shape index (κ1) is 22.3. The van der Waals surface area contributed by atoms with Gasteiger partial charge in [0.15, 0.2) is 0 Å². The molecule has 0 unspecified atom stereocenters. The van der Waals surface area contributed by atoms with E-state index in [2.05, 4.69) is 0 Å². The molecule has 0 bridgehead atoms. The van der Waals surface area contributed by atoms with Crippen molar-refractivity contribution in [2.75, 3.05) is 26.4 Å². The average Bonchev–Trinajstić information content (AvgIpc) is 3.05. The first-order valence-corrected chi connectivity index (χ1v) is 9.61. The minimum Gasteiger partial charge on any atom is -0.463 e. The van der Waals surface area contributed by atoms with Crippen LogP contribution in [0.3, 0.4) is 0 Å². The summed E-state index contributed by atoms with van der Waals surface area (Å²) in [6, 6.07) is 10.0. The lowest BCUT2D eigenvalue weighted by molar-refractivity contribution is -0.138. The van der Waals surface area contributed by atoms with Crippen LogP contribution in [0.1, 0.15) is 32.3 Å². The fraction of sp³-hybridized carbons (Fsp3) is 0.500. The largest absolute Gasteiger partial charge is 0.463 e. The molecule has 1 aliphatic rings. The van der Waals surface area contributed by atoms with Crippen LogP contribution in [0.4, 0.5) is 0 Å². The molecule has 6 nitrogen and oxygen atoms in total. The molecule has 0 amide bonds. The Labute approximate surface area is 166 Å². The Balaban J connectivity index is 1.83. The average molecular weight is 390 g/mol. The van der Waals surface area contributed by atoms with Gasteiger partial charge in [-0.1, -0.05) is 36.4 Å². The van der Waals surface area contributed by atoms with Crippen molar-refractivity contribution in [3.63, 3.8) is 0 Å². The molecule has 28 heavy (non-hydrogen) atoms. The van der Waals surface area contributed by atoms with E-state index in [1.807, 2.05) is 36.4 Å².